The van der Waals surface area contributed by atoms with E-state index in [0.717, 1.165) is 22.4 Å². The Balaban J connectivity index is 1.67. The van der Waals surface area contributed by atoms with E-state index in [9.17, 15) is 4.79 Å². The normalized spacial score (nSPS) is 10.9. The number of carbonyl (C=O) groups is 1. The van der Waals surface area contributed by atoms with E-state index in [4.69, 9.17) is 5.21 Å². The van der Waals surface area contributed by atoms with Gasteiger partial charge in [0.1, 0.15) is 5.69 Å². The van der Waals surface area contributed by atoms with Crippen LogP contribution in [0, 0.1) is 0 Å². The second-order valence-corrected chi connectivity index (χ2v) is 5.09. The summed E-state index contributed by atoms with van der Waals surface area (Å²) in [5, 5.41) is 16.7. The molecule has 7 heteroatoms. The molecule has 1 aromatic carbocycles. The minimum atomic E-state index is -0.565. The smallest absolute Gasteiger partial charge is 0.267 e. The Hall–Kier alpha value is -3.32. The largest absolute Gasteiger partial charge is 0.288 e. The Labute approximate surface area is 138 Å². The van der Waals surface area contributed by atoms with Gasteiger partial charge in [0.05, 0.1) is 12.7 Å². The molecule has 120 valence electrons. The van der Waals surface area contributed by atoms with Crippen LogP contribution in [0.1, 0.15) is 11.1 Å². The average Bonchev–Trinajstić information content (AvgIpc) is 3.10. The molecule has 0 fully saturated rings. The third kappa shape index (κ3) is 3.90. The van der Waals surface area contributed by atoms with Crippen LogP contribution in [0.3, 0.4) is 0 Å². The van der Waals surface area contributed by atoms with Crippen molar-refractivity contribution in [2.75, 3.05) is 0 Å². The summed E-state index contributed by atoms with van der Waals surface area (Å²) in [6.07, 6.45) is 8.21. The minimum Gasteiger partial charge on any atom is -0.288 e. The summed E-state index contributed by atoms with van der Waals surface area (Å²) in [6, 6.07) is 11.5. The molecule has 0 aliphatic heterocycles. The predicted octanol–water partition coefficient (Wildman–Crippen LogP) is 1.91. The van der Waals surface area contributed by atoms with Gasteiger partial charge in [-0.25, -0.2) is 10.2 Å². The first-order valence-corrected chi connectivity index (χ1v) is 7.26. The molecule has 0 saturated heterocycles. The number of amides is 1. The van der Waals surface area contributed by atoms with E-state index in [1.807, 2.05) is 42.6 Å². The van der Waals surface area contributed by atoms with Crippen LogP contribution in [0.15, 0.2) is 61.1 Å². The van der Waals surface area contributed by atoms with Crippen LogP contribution >= 0.6 is 0 Å². The van der Waals surface area contributed by atoms with Gasteiger partial charge >= 0.3 is 0 Å². The standard InChI is InChI=1S/C17H15N5O2/c23-17(20-24)8-7-13-3-5-14(6-4-13)11-22-12-16(19-21-22)15-2-1-9-18-10-15/h1-10,12,24H,11H2,(H,20,23)/b8-7+. The van der Waals surface area contributed by atoms with Crippen LogP contribution in [-0.4, -0.2) is 31.1 Å². The highest BCUT2D eigenvalue weighted by Gasteiger charge is 2.04. The van der Waals surface area contributed by atoms with Crippen LogP contribution in [0.2, 0.25) is 0 Å². The molecule has 0 aliphatic rings. The number of nitrogens with one attached hydrogen (secondary N) is 1. The quantitative estimate of drug-likeness (QED) is 0.425. The van der Waals surface area contributed by atoms with Crippen LogP contribution in [0.4, 0.5) is 0 Å². The molecule has 24 heavy (non-hydrogen) atoms. The van der Waals surface area contributed by atoms with Gasteiger partial charge in [0.25, 0.3) is 5.91 Å². The van der Waals surface area contributed by atoms with E-state index < -0.39 is 5.91 Å². The monoisotopic (exact) mass is 321 g/mol. The lowest BCUT2D eigenvalue weighted by molar-refractivity contribution is -0.124. The molecule has 7 nitrogen and oxygen atoms in total. The number of benzene rings is 1. The van der Waals surface area contributed by atoms with Crippen molar-refractivity contribution in [2.24, 2.45) is 0 Å². The van der Waals surface area contributed by atoms with Gasteiger partial charge in [-0.3, -0.25) is 15.0 Å². The summed E-state index contributed by atoms with van der Waals surface area (Å²) in [7, 11) is 0. The molecule has 3 aromatic rings. The van der Waals surface area contributed by atoms with Crippen molar-refractivity contribution in [1.82, 2.24) is 25.5 Å². The summed E-state index contributed by atoms with van der Waals surface area (Å²) in [4.78, 5) is 15.0. The van der Waals surface area contributed by atoms with Crippen LogP contribution < -0.4 is 5.48 Å². The zero-order valence-electron chi connectivity index (χ0n) is 12.7. The minimum absolute atomic E-state index is 0.565. The molecule has 2 heterocycles. The second-order valence-electron chi connectivity index (χ2n) is 5.09. The van der Waals surface area contributed by atoms with Gasteiger partial charge in [0.15, 0.2) is 0 Å². The van der Waals surface area contributed by atoms with Gasteiger partial charge in [0.2, 0.25) is 0 Å². The third-order valence-electron chi connectivity index (χ3n) is 3.36. The van der Waals surface area contributed by atoms with Crippen molar-refractivity contribution in [3.63, 3.8) is 0 Å². The Morgan fingerprint density at radius 1 is 1.25 bits per heavy atom. The van der Waals surface area contributed by atoms with Crippen LogP contribution in [0.25, 0.3) is 17.3 Å². The fraction of sp³-hybridized carbons (Fsp3) is 0.0588. The van der Waals surface area contributed by atoms with Crippen molar-refractivity contribution in [3.05, 3.63) is 72.2 Å². The van der Waals surface area contributed by atoms with Crippen LogP contribution in [-0.2, 0) is 11.3 Å². The summed E-state index contributed by atoms with van der Waals surface area (Å²) >= 11 is 0. The fourth-order valence-electron chi connectivity index (χ4n) is 2.15. The van der Waals surface area contributed by atoms with Crippen molar-refractivity contribution in [3.8, 4) is 11.3 Å². The molecule has 0 bridgehead atoms. The van der Waals surface area contributed by atoms with E-state index >= 15 is 0 Å². The summed E-state index contributed by atoms with van der Waals surface area (Å²) < 4.78 is 1.76. The maximum absolute atomic E-state index is 10.9. The highest BCUT2D eigenvalue weighted by atomic mass is 16.5. The summed E-state index contributed by atoms with van der Waals surface area (Å²) in [5.41, 5.74) is 5.16. The third-order valence-corrected chi connectivity index (χ3v) is 3.36. The second kappa shape index (κ2) is 7.30. The number of hydroxylamine groups is 1. The van der Waals surface area contributed by atoms with Crippen LogP contribution in [0.5, 0.6) is 0 Å². The van der Waals surface area contributed by atoms with Crippen molar-refractivity contribution < 1.29 is 10.0 Å². The van der Waals surface area contributed by atoms with Gasteiger partial charge in [-0.15, -0.1) is 5.10 Å². The molecule has 0 atom stereocenters. The molecule has 1 amide bonds. The Bertz CT molecular complexity index is 841. The molecule has 3 rings (SSSR count). The SMILES string of the molecule is O=C(/C=C/c1ccc(Cn2cc(-c3cccnc3)nn2)cc1)NO. The van der Waals surface area contributed by atoms with E-state index in [-0.39, 0.29) is 0 Å². The Morgan fingerprint density at radius 3 is 2.79 bits per heavy atom. The predicted molar refractivity (Wildman–Crippen MR) is 87.8 cm³/mol. The zero-order chi connectivity index (χ0) is 16.8. The van der Waals surface area contributed by atoms with E-state index in [2.05, 4.69) is 15.3 Å². The van der Waals surface area contributed by atoms with E-state index in [1.165, 1.54) is 6.08 Å². The highest BCUT2D eigenvalue weighted by Crippen LogP contribution is 2.14. The molecule has 2 aromatic heterocycles. The fourth-order valence-corrected chi connectivity index (χ4v) is 2.15. The lowest BCUT2D eigenvalue weighted by Crippen LogP contribution is -2.14. The number of nitrogens with zero attached hydrogens (tertiary/aromatic N) is 4. The summed E-state index contributed by atoms with van der Waals surface area (Å²) in [6.45, 7) is 0.592. The maximum atomic E-state index is 10.9. The number of hydrogen-bond donors (Lipinski definition) is 2. The van der Waals surface area contributed by atoms with Gasteiger partial charge in [-0.05, 0) is 29.3 Å². The number of carbonyl (C=O) groups excluding carboxylic acids is 1. The lowest BCUT2D eigenvalue weighted by atomic mass is 10.1. The Kier molecular flexibility index (Phi) is 4.73. The van der Waals surface area contributed by atoms with Gasteiger partial charge < -0.3 is 0 Å². The van der Waals surface area contributed by atoms with Crippen molar-refractivity contribution in [2.45, 2.75) is 6.54 Å². The summed E-state index contributed by atoms with van der Waals surface area (Å²) in [5.74, 6) is -0.565. The molecular weight excluding hydrogens is 306 g/mol. The molecule has 0 radical (unpaired) electrons. The highest BCUT2D eigenvalue weighted by molar-refractivity contribution is 5.90. The first-order chi connectivity index (χ1) is 11.7. The number of rotatable bonds is 5. The molecule has 2 N–H and O–H groups in total. The first-order valence-electron chi connectivity index (χ1n) is 7.26. The van der Waals surface area contributed by atoms with Gasteiger partial charge in [-0.1, -0.05) is 29.5 Å². The van der Waals surface area contributed by atoms with Crippen molar-refractivity contribution >= 4 is 12.0 Å². The first kappa shape index (κ1) is 15.6. The van der Waals surface area contributed by atoms with Crippen molar-refractivity contribution in [1.29, 1.82) is 0 Å². The molecule has 0 unspecified atom stereocenters. The zero-order valence-corrected chi connectivity index (χ0v) is 12.7. The lowest BCUT2D eigenvalue weighted by Gasteiger charge is -2.01. The number of pyridine rings is 1. The molecular formula is C17H15N5O2. The Morgan fingerprint density at radius 2 is 2.08 bits per heavy atom. The van der Waals surface area contributed by atoms with Gasteiger partial charge in [0, 0.05) is 24.0 Å². The van der Waals surface area contributed by atoms with E-state index in [1.54, 1.807) is 28.6 Å². The molecule has 0 spiro atoms. The molecule has 0 saturated carbocycles. The molecule has 0 aliphatic carbocycles. The maximum Gasteiger partial charge on any atom is 0.267 e. The average molecular weight is 321 g/mol. The number of hydrogen-bond acceptors (Lipinski definition) is 5. The van der Waals surface area contributed by atoms with Gasteiger partial charge in [-0.2, -0.15) is 0 Å². The number of aromatic nitrogens is 4. The topological polar surface area (TPSA) is 92.9 Å². The van der Waals surface area contributed by atoms with E-state index in [0.29, 0.717) is 6.54 Å².